The van der Waals surface area contributed by atoms with Crippen LogP contribution in [0.2, 0.25) is 0 Å². The topological polar surface area (TPSA) is 55.8 Å². The molecule has 1 aliphatic heterocycles. The summed E-state index contributed by atoms with van der Waals surface area (Å²) >= 11 is 0. The van der Waals surface area contributed by atoms with Crippen molar-refractivity contribution in [1.82, 2.24) is 4.90 Å². The van der Waals surface area contributed by atoms with Gasteiger partial charge in [0.2, 0.25) is 5.91 Å². The maximum absolute atomic E-state index is 12.7. The molecule has 0 spiro atoms. The molecular weight excluding hydrogens is 366 g/mol. The molecule has 1 amide bonds. The first-order chi connectivity index (χ1) is 14.1. The molecule has 1 heterocycles. The maximum Gasteiger partial charge on any atom is 0.328 e. The Morgan fingerprint density at radius 1 is 1.10 bits per heavy atom. The molecule has 5 heteroatoms. The average molecular weight is 393 g/mol. The van der Waals surface area contributed by atoms with E-state index in [-0.39, 0.29) is 24.4 Å². The second-order valence-electron chi connectivity index (χ2n) is 7.18. The zero-order valence-electron chi connectivity index (χ0n) is 16.9. The molecule has 1 fully saturated rings. The monoisotopic (exact) mass is 393 g/mol. The molecule has 3 rings (SSSR count). The van der Waals surface area contributed by atoms with Crippen molar-refractivity contribution in [2.24, 2.45) is 0 Å². The van der Waals surface area contributed by atoms with E-state index in [4.69, 9.17) is 9.47 Å². The predicted octanol–water partition coefficient (Wildman–Crippen LogP) is 4.18. The normalized spacial score (nSPS) is 17.3. The van der Waals surface area contributed by atoms with Crippen LogP contribution in [0.15, 0.2) is 54.6 Å². The highest BCUT2D eigenvalue weighted by molar-refractivity contribution is 5.85. The van der Waals surface area contributed by atoms with E-state index in [1.807, 2.05) is 73.7 Å². The van der Waals surface area contributed by atoms with Crippen LogP contribution in [0.1, 0.15) is 37.3 Å². The summed E-state index contributed by atoms with van der Waals surface area (Å²) in [6, 6.07) is 17.3. The minimum Gasteiger partial charge on any atom is -0.490 e. The van der Waals surface area contributed by atoms with Gasteiger partial charge in [-0.25, -0.2) is 4.79 Å². The van der Waals surface area contributed by atoms with Crippen molar-refractivity contribution in [3.05, 3.63) is 65.7 Å². The molecule has 1 unspecified atom stereocenters. The number of carbonyl (C=O) groups is 2. The van der Waals surface area contributed by atoms with Crippen molar-refractivity contribution in [2.45, 2.75) is 38.3 Å². The minimum atomic E-state index is -0.471. The number of benzene rings is 2. The van der Waals surface area contributed by atoms with Crippen LogP contribution in [0.4, 0.5) is 0 Å². The Labute approximate surface area is 171 Å². The van der Waals surface area contributed by atoms with E-state index in [9.17, 15) is 9.59 Å². The van der Waals surface area contributed by atoms with E-state index >= 15 is 0 Å². The molecule has 0 radical (unpaired) electrons. The quantitative estimate of drug-likeness (QED) is 0.523. The van der Waals surface area contributed by atoms with Crippen molar-refractivity contribution in [3.8, 4) is 5.75 Å². The molecule has 0 N–H and O–H groups in total. The summed E-state index contributed by atoms with van der Waals surface area (Å²) in [6.45, 7) is 2.46. The number of carbonyl (C=O) groups excluding carboxylic acids is 2. The third kappa shape index (κ3) is 5.47. The Morgan fingerprint density at radius 2 is 1.83 bits per heavy atom. The van der Waals surface area contributed by atoms with Crippen LogP contribution >= 0.6 is 0 Å². The van der Waals surface area contributed by atoms with Gasteiger partial charge in [-0.3, -0.25) is 4.79 Å². The third-order valence-corrected chi connectivity index (χ3v) is 5.01. The first-order valence-electron chi connectivity index (χ1n) is 9.94. The lowest BCUT2D eigenvalue weighted by molar-refractivity contribution is -0.151. The molecular formula is C24H27NO4. The summed E-state index contributed by atoms with van der Waals surface area (Å²) in [5.41, 5.74) is 2.05. The number of methoxy groups -OCH3 is 1. The van der Waals surface area contributed by atoms with Crippen LogP contribution in [0.5, 0.6) is 5.75 Å². The Morgan fingerprint density at radius 3 is 2.59 bits per heavy atom. The number of para-hydroxylation sites is 1. The Balaban J connectivity index is 1.63. The first kappa shape index (κ1) is 20.6. The van der Waals surface area contributed by atoms with Gasteiger partial charge in [0.15, 0.2) is 0 Å². The maximum atomic E-state index is 12.7. The van der Waals surface area contributed by atoms with Crippen molar-refractivity contribution in [1.29, 1.82) is 0 Å². The number of hydrogen-bond donors (Lipinski definition) is 0. The molecule has 2 aromatic rings. The third-order valence-electron chi connectivity index (χ3n) is 5.01. The van der Waals surface area contributed by atoms with E-state index in [2.05, 4.69) is 0 Å². The minimum absolute atomic E-state index is 0.0808. The molecule has 152 valence electrons. The molecule has 0 bridgehead atoms. The van der Waals surface area contributed by atoms with Gasteiger partial charge in [-0.1, -0.05) is 60.7 Å². The lowest BCUT2D eigenvalue weighted by Crippen LogP contribution is -2.42. The van der Waals surface area contributed by atoms with Crippen LogP contribution in [0, 0.1) is 0 Å². The van der Waals surface area contributed by atoms with Crippen LogP contribution in [-0.4, -0.2) is 42.6 Å². The number of likely N-dealkylation sites (tertiary alicyclic amines) is 1. The van der Waals surface area contributed by atoms with Crippen LogP contribution in [0.25, 0.3) is 12.2 Å². The molecule has 2 aromatic carbocycles. The molecule has 0 saturated carbocycles. The second kappa shape index (κ2) is 9.92. The van der Waals surface area contributed by atoms with Gasteiger partial charge < -0.3 is 14.4 Å². The largest absolute Gasteiger partial charge is 0.490 e. The Bertz CT molecular complexity index is 862. The highest BCUT2D eigenvalue weighted by atomic mass is 16.5. The predicted molar refractivity (Wildman–Crippen MR) is 113 cm³/mol. The summed E-state index contributed by atoms with van der Waals surface area (Å²) in [7, 11) is 1.36. The molecule has 2 atom stereocenters. The highest BCUT2D eigenvalue weighted by Crippen LogP contribution is 2.24. The summed E-state index contributed by atoms with van der Waals surface area (Å²) in [4.78, 5) is 26.2. The summed E-state index contributed by atoms with van der Waals surface area (Å²) in [5.74, 6) is 0.300. The lowest BCUT2D eigenvalue weighted by atomic mass is 10.1. The van der Waals surface area contributed by atoms with E-state index in [1.165, 1.54) is 7.11 Å². The zero-order chi connectivity index (χ0) is 20.6. The summed E-state index contributed by atoms with van der Waals surface area (Å²) in [5, 5.41) is 0. The van der Waals surface area contributed by atoms with E-state index in [1.54, 1.807) is 4.90 Å². The molecule has 0 aromatic heterocycles. The number of hydrogen-bond acceptors (Lipinski definition) is 4. The summed E-state index contributed by atoms with van der Waals surface area (Å²) in [6.07, 6.45) is 5.40. The highest BCUT2D eigenvalue weighted by Gasteiger charge is 2.35. The molecule has 5 nitrogen and oxygen atoms in total. The fraction of sp³-hybridized carbons (Fsp3) is 0.333. The Hall–Kier alpha value is -3.08. The second-order valence-corrected chi connectivity index (χ2v) is 7.18. The van der Waals surface area contributed by atoms with Crippen LogP contribution in [-0.2, 0) is 14.3 Å². The van der Waals surface area contributed by atoms with Crippen molar-refractivity contribution in [2.75, 3.05) is 13.7 Å². The molecule has 0 aliphatic carbocycles. The SMILES string of the molecule is COC(=O)[C@@H]1CCCN1C(=O)CC(C)Oc1ccccc1/C=C/c1ccccc1. The first-order valence-corrected chi connectivity index (χ1v) is 9.94. The van der Waals surface area contributed by atoms with Gasteiger partial charge in [0.25, 0.3) is 0 Å². The van der Waals surface area contributed by atoms with Gasteiger partial charge in [0.1, 0.15) is 17.9 Å². The zero-order valence-corrected chi connectivity index (χ0v) is 16.9. The van der Waals surface area contributed by atoms with Gasteiger partial charge >= 0.3 is 5.97 Å². The van der Waals surface area contributed by atoms with Gasteiger partial charge in [-0.2, -0.15) is 0 Å². The van der Waals surface area contributed by atoms with Crippen LogP contribution < -0.4 is 4.74 Å². The molecule has 1 aliphatic rings. The molecule has 1 saturated heterocycles. The number of rotatable bonds is 7. The van der Waals surface area contributed by atoms with Crippen molar-refractivity contribution < 1.29 is 19.1 Å². The average Bonchev–Trinajstić information content (AvgIpc) is 3.23. The fourth-order valence-corrected chi connectivity index (χ4v) is 3.54. The van der Waals surface area contributed by atoms with Gasteiger partial charge in [0.05, 0.1) is 13.5 Å². The van der Waals surface area contributed by atoms with E-state index in [0.29, 0.717) is 13.0 Å². The number of ether oxygens (including phenoxy) is 2. The van der Waals surface area contributed by atoms with Crippen molar-refractivity contribution in [3.63, 3.8) is 0 Å². The standard InChI is InChI=1S/C24H27NO4/c1-18(17-23(26)25-16-8-12-21(25)24(27)28-2)29-22-13-7-6-11-20(22)15-14-19-9-4-3-5-10-19/h3-7,9-11,13-15,18,21H,8,12,16-17H2,1-2H3/b15-14+/t18?,21-/m0/s1. The number of esters is 1. The Kier molecular flexibility index (Phi) is 7.06. The molecule has 29 heavy (non-hydrogen) atoms. The van der Waals surface area contributed by atoms with Crippen molar-refractivity contribution >= 4 is 24.0 Å². The van der Waals surface area contributed by atoms with Gasteiger partial charge in [-0.05, 0) is 31.4 Å². The van der Waals surface area contributed by atoms with Crippen LogP contribution in [0.3, 0.4) is 0 Å². The number of amides is 1. The fourth-order valence-electron chi connectivity index (χ4n) is 3.54. The van der Waals surface area contributed by atoms with Gasteiger partial charge in [0, 0.05) is 12.1 Å². The lowest BCUT2D eigenvalue weighted by Gasteiger charge is -2.24. The van der Waals surface area contributed by atoms with E-state index in [0.717, 1.165) is 23.3 Å². The smallest absolute Gasteiger partial charge is 0.328 e. The summed E-state index contributed by atoms with van der Waals surface area (Å²) < 4.78 is 10.9. The number of nitrogens with zero attached hydrogens (tertiary/aromatic N) is 1. The van der Waals surface area contributed by atoms with Gasteiger partial charge in [-0.15, -0.1) is 0 Å². The van der Waals surface area contributed by atoms with E-state index < -0.39 is 6.04 Å².